The highest BCUT2D eigenvalue weighted by atomic mass is 32.1. The number of rotatable bonds is 4. The molecular formula is C16H19FN2O2S. The number of carbonyl (C=O) groups is 1. The Hall–Kier alpha value is -1.53. The van der Waals surface area contributed by atoms with E-state index in [1.54, 1.807) is 11.3 Å². The number of methoxy groups -OCH3 is 1. The van der Waals surface area contributed by atoms with Crippen LogP contribution in [0.5, 0.6) is 0 Å². The van der Waals surface area contributed by atoms with Gasteiger partial charge in [-0.2, -0.15) is 0 Å². The van der Waals surface area contributed by atoms with E-state index in [2.05, 4.69) is 22.7 Å². The van der Waals surface area contributed by atoms with Crippen molar-refractivity contribution >= 4 is 27.5 Å². The average Bonchev–Trinajstić information content (AvgIpc) is 3.10. The molecule has 0 bridgehead atoms. The molecule has 1 aliphatic heterocycles. The third-order valence-corrected chi connectivity index (χ3v) is 5.29. The summed E-state index contributed by atoms with van der Waals surface area (Å²) in [4.78, 5) is 18.2. The molecule has 1 aliphatic rings. The topological polar surface area (TPSA) is 42.4 Å². The molecule has 1 fully saturated rings. The number of fused-ring (bicyclic) bond motifs is 1. The molecule has 0 N–H and O–H groups in total. The van der Waals surface area contributed by atoms with Crippen molar-refractivity contribution < 1.29 is 13.9 Å². The van der Waals surface area contributed by atoms with E-state index in [9.17, 15) is 9.18 Å². The first-order valence-electron chi connectivity index (χ1n) is 7.38. The molecule has 0 aliphatic carbocycles. The van der Waals surface area contributed by atoms with Crippen molar-refractivity contribution in [2.75, 3.05) is 20.2 Å². The highest BCUT2D eigenvalue weighted by molar-refractivity contribution is 7.18. The van der Waals surface area contributed by atoms with Gasteiger partial charge in [-0.05, 0) is 19.1 Å². The maximum absolute atomic E-state index is 14.5. The number of esters is 1. The number of nitrogens with zero attached hydrogens (tertiary/aromatic N) is 2. The normalized spacial score (nSPS) is 23.8. The van der Waals surface area contributed by atoms with Gasteiger partial charge in [0, 0.05) is 32.0 Å². The molecule has 1 aromatic carbocycles. The van der Waals surface area contributed by atoms with Crippen LogP contribution in [0, 0.1) is 0 Å². The van der Waals surface area contributed by atoms with Gasteiger partial charge < -0.3 is 4.74 Å². The zero-order valence-electron chi connectivity index (χ0n) is 12.7. The maximum Gasteiger partial charge on any atom is 0.345 e. The number of para-hydroxylation sites is 1. The highest BCUT2D eigenvalue weighted by Gasteiger charge is 2.47. The van der Waals surface area contributed by atoms with Crippen molar-refractivity contribution in [3.63, 3.8) is 0 Å². The SMILES string of the molecule is COC(=O)[C@]1(F)CCN([C@H](C)Cc2nc3ccccc3s2)C1. The molecule has 2 aromatic rings. The average molecular weight is 322 g/mol. The van der Waals surface area contributed by atoms with Crippen LogP contribution in [0.3, 0.4) is 0 Å². The first-order valence-corrected chi connectivity index (χ1v) is 8.19. The minimum absolute atomic E-state index is 0.103. The van der Waals surface area contributed by atoms with Gasteiger partial charge in [0.2, 0.25) is 5.67 Å². The van der Waals surface area contributed by atoms with E-state index in [1.807, 2.05) is 23.1 Å². The largest absolute Gasteiger partial charge is 0.467 e. The molecule has 1 aromatic heterocycles. The molecule has 0 saturated carbocycles. The van der Waals surface area contributed by atoms with Crippen LogP contribution in [0.4, 0.5) is 4.39 Å². The van der Waals surface area contributed by atoms with Crippen LogP contribution >= 0.6 is 11.3 Å². The van der Waals surface area contributed by atoms with Gasteiger partial charge in [0.15, 0.2) is 0 Å². The Labute approximate surface area is 132 Å². The van der Waals surface area contributed by atoms with E-state index in [1.165, 1.54) is 11.8 Å². The van der Waals surface area contributed by atoms with Crippen molar-refractivity contribution in [1.29, 1.82) is 0 Å². The van der Waals surface area contributed by atoms with Gasteiger partial charge in [0.05, 0.1) is 22.3 Å². The molecule has 6 heteroatoms. The molecule has 4 nitrogen and oxygen atoms in total. The van der Waals surface area contributed by atoms with E-state index in [0.717, 1.165) is 16.9 Å². The molecule has 0 spiro atoms. The lowest BCUT2D eigenvalue weighted by Gasteiger charge is -2.24. The smallest absolute Gasteiger partial charge is 0.345 e. The number of carbonyl (C=O) groups excluding carboxylic acids is 1. The van der Waals surface area contributed by atoms with E-state index in [0.29, 0.717) is 6.54 Å². The number of benzene rings is 1. The quantitative estimate of drug-likeness (QED) is 0.812. The summed E-state index contributed by atoms with van der Waals surface area (Å²) < 4.78 is 20.2. The number of hydrogen-bond acceptors (Lipinski definition) is 5. The van der Waals surface area contributed by atoms with Gasteiger partial charge in [0.25, 0.3) is 0 Å². The summed E-state index contributed by atoms with van der Waals surface area (Å²) in [6, 6.07) is 8.18. The Kier molecular flexibility index (Phi) is 4.14. The number of aromatic nitrogens is 1. The Bertz CT molecular complexity index is 657. The summed E-state index contributed by atoms with van der Waals surface area (Å²) in [7, 11) is 1.23. The Balaban J connectivity index is 1.67. The third-order valence-electron chi connectivity index (χ3n) is 4.23. The molecule has 3 rings (SSSR count). The molecular weight excluding hydrogens is 303 g/mol. The van der Waals surface area contributed by atoms with Crippen LogP contribution in [0.2, 0.25) is 0 Å². The zero-order valence-corrected chi connectivity index (χ0v) is 13.5. The van der Waals surface area contributed by atoms with Crippen LogP contribution in [0.25, 0.3) is 10.2 Å². The number of alkyl halides is 1. The van der Waals surface area contributed by atoms with E-state index < -0.39 is 11.6 Å². The molecule has 2 atom stereocenters. The highest BCUT2D eigenvalue weighted by Crippen LogP contribution is 2.30. The molecule has 0 amide bonds. The van der Waals surface area contributed by atoms with Gasteiger partial charge in [-0.1, -0.05) is 12.1 Å². The van der Waals surface area contributed by atoms with Gasteiger partial charge in [-0.3, -0.25) is 4.90 Å². The zero-order chi connectivity index (χ0) is 15.7. The predicted octanol–water partition coefficient (Wildman–Crippen LogP) is 2.81. The Morgan fingerprint density at radius 3 is 3.05 bits per heavy atom. The van der Waals surface area contributed by atoms with E-state index in [-0.39, 0.29) is 19.0 Å². The third kappa shape index (κ3) is 2.85. The van der Waals surface area contributed by atoms with Crippen molar-refractivity contribution in [2.24, 2.45) is 0 Å². The molecule has 118 valence electrons. The Morgan fingerprint density at radius 1 is 1.55 bits per heavy atom. The lowest BCUT2D eigenvalue weighted by molar-refractivity contribution is -0.153. The second kappa shape index (κ2) is 5.93. The van der Waals surface area contributed by atoms with Crippen LogP contribution < -0.4 is 0 Å². The van der Waals surface area contributed by atoms with Gasteiger partial charge in [0.1, 0.15) is 0 Å². The monoisotopic (exact) mass is 322 g/mol. The molecule has 2 heterocycles. The summed E-state index contributed by atoms with van der Waals surface area (Å²) in [6.07, 6.45) is 0.959. The van der Waals surface area contributed by atoms with Crippen molar-refractivity contribution in [1.82, 2.24) is 9.88 Å². The second-order valence-corrected chi connectivity index (χ2v) is 6.92. The van der Waals surface area contributed by atoms with Gasteiger partial charge in [-0.15, -0.1) is 11.3 Å². The number of halogens is 1. The summed E-state index contributed by atoms with van der Waals surface area (Å²) >= 11 is 1.67. The molecule has 1 saturated heterocycles. The molecule has 0 radical (unpaired) electrons. The molecule has 22 heavy (non-hydrogen) atoms. The van der Waals surface area contributed by atoms with Crippen LogP contribution in [-0.2, 0) is 16.0 Å². The summed E-state index contributed by atoms with van der Waals surface area (Å²) in [6.45, 7) is 2.72. The van der Waals surface area contributed by atoms with Crippen LogP contribution in [0.1, 0.15) is 18.4 Å². The van der Waals surface area contributed by atoms with Crippen molar-refractivity contribution in [3.8, 4) is 0 Å². The standard InChI is InChI=1S/C16H19FN2O2S/c1-11(19-8-7-16(17,10-19)15(20)21-2)9-14-18-12-5-3-4-6-13(12)22-14/h3-6,11H,7-10H2,1-2H3/t11-,16+/m1/s1. The number of thiazole rings is 1. The first kappa shape index (κ1) is 15.4. The number of ether oxygens (including phenoxy) is 1. The first-order chi connectivity index (χ1) is 10.5. The predicted molar refractivity (Wildman–Crippen MR) is 84.8 cm³/mol. The number of likely N-dealkylation sites (tertiary alicyclic amines) is 1. The van der Waals surface area contributed by atoms with E-state index >= 15 is 0 Å². The fourth-order valence-corrected chi connectivity index (χ4v) is 4.00. The van der Waals surface area contributed by atoms with Gasteiger partial charge in [-0.25, -0.2) is 14.2 Å². The van der Waals surface area contributed by atoms with Crippen molar-refractivity contribution in [2.45, 2.75) is 31.5 Å². The summed E-state index contributed by atoms with van der Waals surface area (Å²) in [5, 5.41) is 1.04. The molecule has 0 unspecified atom stereocenters. The fraction of sp³-hybridized carbons (Fsp3) is 0.500. The lowest BCUT2D eigenvalue weighted by atomic mass is 10.1. The summed E-state index contributed by atoms with van der Waals surface area (Å²) in [5.41, 5.74) is -0.859. The minimum atomic E-state index is -1.86. The lowest BCUT2D eigenvalue weighted by Crippen LogP contribution is -2.41. The summed E-state index contributed by atoms with van der Waals surface area (Å²) in [5.74, 6) is -0.762. The maximum atomic E-state index is 14.5. The fourth-order valence-electron chi connectivity index (χ4n) is 2.92. The number of hydrogen-bond donors (Lipinski definition) is 0. The van der Waals surface area contributed by atoms with Crippen LogP contribution in [0.15, 0.2) is 24.3 Å². The van der Waals surface area contributed by atoms with E-state index in [4.69, 9.17) is 0 Å². The second-order valence-electron chi connectivity index (χ2n) is 5.81. The van der Waals surface area contributed by atoms with Gasteiger partial charge >= 0.3 is 5.97 Å². The minimum Gasteiger partial charge on any atom is -0.467 e. The van der Waals surface area contributed by atoms with Crippen molar-refractivity contribution in [3.05, 3.63) is 29.3 Å². The van der Waals surface area contributed by atoms with Crippen LogP contribution in [-0.4, -0.2) is 47.8 Å². The Morgan fingerprint density at radius 2 is 2.32 bits per heavy atom.